The number of hydrogen-bond acceptors (Lipinski definition) is 4. The molecular formula is C9H17N3S. The van der Waals surface area contributed by atoms with E-state index in [1.165, 1.54) is 0 Å². The van der Waals surface area contributed by atoms with Crippen molar-refractivity contribution in [1.29, 1.82) is 0 Å². The molecule has 1 aromatic heterocycles. The standard InChI is InChI=1S/C9H17N3S/c1-5-9(3,4)8-12-11-7(13-8)6(2)10/h6H,5,10H2,1-4H3. The molecule has 1 rings (SSSR count). The summed E-state index contributed by atoms with van der Waals surface area (Å²) in [6.45, 7) is 8.45. The molecule has 0 saturated carbocycles. The number of nitrogens with zero attached hydrogens (tertiary/aromatic N) is 2. The third-order valence-electron chi connectivity index (χ3n) is 2.29. The van der Waals surface area contributed by atoms with Crippen LogP contribution in [0.2, 0.25) is 0 Å². The van der Waals surface area contributed by atoms with E-state index < -0.39 is 0 Å². The van der Waals surface area contributed by atoms with Gasteiger partial charge in [-0.2, -0.15) is 0 Å². The number of aromatic nitrogens is 2. The van der Waals surface area contributed by atoms with E-state index in [2.05, 4.69) is 31.0 Å². The monoisotopic (exact) mass is 199 g/mol. The van der Waals surface area contributed by atoms with E-state index in [4.69, 9.17) is 5.73 Å². The summed E-state index contributed by atoms with van der Waals surface area (Å²) in [5.41, 5.74) is 5.85. The average molecular weight is 199 g/mol. The van der Waals surface area contributed by atoms with Crippen LogP contribution in [0.5, 0.6) is 0 Å². The highest BCUT2D eigenvalue weighted by Gasteiger charge is 2.23. The molecule has 0 radical (unpaired) electrons. The molecule has 13 heavy (non-hydrogen) atoms. The van der Waals surface area contributed by atoms with E-state index in [9.17, 15) is 0 Å². The van der Waals surface area contributed by atoms with Crippen LogP contribution in [0.25, 0.3) is 0 Å². The molecule has 74 valence electrons. The van der Waals surface area contributed by atoms with E-state index in [1.54, 1.807) is 11.3 Å². The minimum absolute atomic E-state index is 0.00101. The molecule has 0 bridgehead atoms. The second kappa shape index (κ2) is 3.72. The zero-order valence-corrected chi connectivity index (χ0v) is 9.48. The van der Waals surface area contributed by atoms with Gasteiger partial charge in [0, 0.05) is 5.41 Å². The minimum Gasteiger partial charge on any atom is -0.322 e. The van der Waals surface area contributed by atoms with Crippen molar-refractivity contribution in [3.8, 4) is 0 Å². The van der Waals surface area contributed by atoms with E-state index >= 15 is 0 Å². The van der Waals surface area contributed by atoms with E-state index in [1.807, 2.05) is 6.92 Å². The summed E-state index contributed by atoms with van der Waals surface area (Å²) in [7, 11) is 0. The lowest BCUT2D eigenvalue weighted by Crippen LogP contribution is -2.14. The fourth-order valence-corrected chi connectivity index (χ4v) is 1.81. The zero-order valence-electron chi connectivity index (χ0n) is 8.66. The van der Waals surface area contributed by atoms with Gasteiger partial charge in [-0.05, 0) is 13.3 Å². The molecule has 0 aliphatic heterocycles. The zero-order chi connectivity index (χ0) is 10.1. The molecule has 2 N–H and O–H groups in total. The van der Waals surface area contributed by atoms with Crippen molar-refractivity contribution in [3.05, 3.63) is 10.0 Å². The van der Waals surface area contributed by atoms with Crippen LogP contribution in [0.4, 0.5) is 0 Å². The Bertz CT molecular complexity index is 278. The molecule has 0 aliphatic rings. The van der Waals surface area contributed by atoms with E-state index in [0.29, 0.717) is 0 Å². The van der Waals surface area contributed by atoms with Gasteiger partial charge in [0.2, 0.25) is 0 Å². The average Bonchev–Trinajstić information content (AvgIpc) is 2.52. The van der Waals surface area contributed by atoms with Crippen LogP contribution < -0.4 is 5.73 Å². The Morgan fingerprint density at radius 2 is 2.08 bits per heavy atom. The normalized spacial score (nSPS) is 14.5. The molecule has 1 heterocycles. The molecule has 0 aliphatic carbocycles. The SMILES string of the molecule is CCC(C)(C)c1nnc(C(C)N)s1. The number of nitrogens with two attached hydrogens (primary N) is 1. The van der Waals surface area contributed by atoms with Crippen molar-refractivity contribution in [2.45, 2.75) is 45.6 Å². The van der Waals surface area contributed by atoms with Gasteiger partial charge < -0.3 is 5.73 Å². The summed E-state index contributed by atoms with van der Waals surface area (Å²) in [5.74, 6) is 0. The molecule has 0 aromatic carbocycles. The number of hydrogen-bond donors (Lipinski definition) is 1. The highest BCUT2D eigenvalue weighted by atomic mass is 32.1. The van der Waals surface area contributed by atoms with Gasteiger partial charge in [0.05, 0.1) is 6.04 Å². The highest BCUT2D eigenvalue weighted by Crippen LogP contribution is 2.30. The Labute approximate surface area is 83.4 Å². The summed E-state index contributed by atoms with van der Waals surface area (Å²) in [6.07, 6.45) is 1.07. The molecule has 0 spiro atoms. The molecule has 0 saturated heterocycles. The van der Waals surface area contributed by atoms with Crippen LogP contribution in [0.1, 0.15) is 50.2 Å². The van der Waals surface area contributed by atoms with Crippen molar-refractivity contribution in [3.63, 3.8) is 0 Å². The lowest BCUT2D eigenvalue weighted by Gasteiger charge is -2.17. The maximum Gasteiger partial charge on any atom is 0.133 e. The Morgan fingerprint density at radius 1 is 1.46 bits per heavy atom. The van der Waals surface area contributed by atoms with E-state index in [-0.39, 0.29) is 11.5 Å². The summed E-state index contributed by atoms with van der Waals surface area (Å²) in [6, 6.07) is -0.00101. The van der Waals surface area contributed by atoms with Gasteiger partial charge >= 0.3 is 0 Å². The van der Waals surface area contributed by atoms with Crippen LogP contribution in [-0.4, -0.2) is 10.2 Å². The molecular weight excluding hydrogens is 182 g/mol. The third-order valence-corrected chi connectivity index (χ3v) is 3.78. The number of rotatable bonds is 3. The maximum atomic E-state index is 5.72. The van der Waals surface area contributed by atoms with Crippen LogP contribution >= 0.6 is 11.3 Å². The Morgan fingerprint density at radius 3 is 2.46 bits per heavy atom. The van der Waals surface area contributed by atoms with Crippen molar-refractivity contribution in [2.75, 3.05) is 0 Å². The summed E-state index contributed by atoms with van der Waals surface area (Å²) < 4.78 is 0. The maximum absolute atomic E-state index is 5.72. The Kier molecular flexibility index (Phi) is 3.03. The predicted molar refractivity (Wildman–Crippen MR) is 55.8 cm³/mol. The first-order chi connectivity index (χ1) is 5.97. The lowest BCUT2D eigenvalue weighted by atomic mass is 9.91. The summed E-state index contributed by atoms with van der Waals surface area (Å²) in [5, 5.41) is 10.3. The van der Waals surface area contributed by atoms with Crippen LogP contribution in [0.3, 0.4) is 0 Å². The molecule has 1 unspecified atom stereocenters. The van der Waals surface area contributed by atoms with Gasteiger partial charge in [-0.15, -0.1) is 10.2 Å². The van der Waals surface area contributed by atoms with Gasteiger partial charge in [-0.3, -0.25) is 0 Å². The van der Waals surface area contributed by atoms with Crippen molar-refractivity contribution in [2.24, 2.45) is 5.73 Å². The molecule has 0 fully saturated rings. The van der Waals surface area contributed by atoms with Crippen LogP contribution in [0, 0.1) is 0 Å². The Balaban J connectivity index is 2.91. The largest absolute Gasteiger partial charge is 0.322 e. The first kappa shape index (κ1) is 10.6. The fourth-order valence-electron chi connectivity index (χ4n) is 0.843. The summed E-state index contributed by atoms with van der Waals surface area (Å²) in [4.78, 5) is 0. The first-order valence-electron chi connectivity index (χ1n) is 4.57. The van der Waals surface area contributed by atoms with Gasteiger partial charge in [0.15, 0.2) is 0 Å². The first-order valence-corrected chi connectivity index (χ1v) is 5.38. The lowest BCUT2D eigenvalue weighted by molar-refractivity contribution is 0.498. The molecule has 1 atom stereocenters. The van der Waals surface area contributed by atoms with Gasteiger partial charge in [0.1, 0.15) is 10.0 Å². The second-order valence-electron chi connectivity index (χ2n) is 3.97. The van der Waals surface area contributed by atoms with Crippen molar-refractivity contribution < 1.29 is 0 Å². The minimum atomic E-state index is -0.00101. The van der Waals surface area contributed by atoms with Crippen molar-refractivity contribution >= 4 is 11.3 Å². The quantitative estimate of drug-likeness (QED) is 0.812. The predicted octanol–water partition coefficient (Wildman–Crippen LogP) is 2.25. The van der Waals surface area contributed by atoms with Crippen molar-refractivity contribution in [1.82, 2.24) is 10.2 Å². The Hall–Kier alpha value is -0.480. The van der Waals surface area contributed by atoms with Gasteiger partial charge in [-0.1, -0.05) is 32.1 Å². The molecule has 1 aromatic rings. The fraction of sp³-hybridized carbons (Fsp3) is 0.778. The topological polar surface area (TPSA) is 51.8 Å². The van der Waals surface area contributed by atoms with Gasteiger partial charge in [-0.25, -0.2) is 0 Å². The molecule has 3 nitrogen and oxygen atoms in total. The second-order valence-corrected chi connectivity index (χ2v) is 4.98. The summed E-state index contributed by atoms with van der Waals surface area (Å²) >= 11 is 1.63. The van der Waals surface area contributed by atoms with Gasteiger partial charge in [0.25, 0.3) is 0 Å². The smallest absolute Gasteiger partial charge is 0.133 e. The molecule has 0 amide bonds. The molecule has 4 heteroatoms. The van der Waals surface area contributed by atoms with E-state index in [0.717, 1.165) is 16.4 Å². The van der Waals surface area contributed by atoms with Crippen LogP contribution in [-0.2, 0) is 5.41 Å². The third kappa shape index (κ3) is 2.25. The van der Waals surface area contributed by atoms with Crippen LogP contribution in [0.15, 0.2) is 0 Å². The highest BCUT2D eigenvalue weighted by molar-refractivity contribution is 7.11.